The van der Waals surface area contributed by atoms with Crippen molar-refractivity contribution < 1.29 is 13.2 Å². The van der Waals surface area contributed by atoms with Gasteiger partial charge in [-0.25, -0.2) is 13.2 Å². The fourth-order valence-corrected chi connectivity index (χ4v) is 1.29. The van der Waals surface area contributed by atoms with Crippen molar-refractivity contribution in [3.8, 4) is 11.3 Å². The number of benzene rings is 1. The second kappa shape index (κ2) is 3.73. The Morgan fingerprint density at radius 1 is 0.933 bits per heavy atom. The number of aromatic nitrogens is 1. The molecule has 2 aromatic rings. The Labute approximate surface area is 84.2 Å². The van der Waals surface area contributed by atoms with E-state index in [0.29, 0.717) is 0 Å². The van der Waals surface area contributed by atoms with Crippen molar-refractivity contribution in [2.45, 2.75) is 0 Å². The van der Waals surface area contributed by atoms with Crippen LogP contribution in [0, 0.1) is 17.5 Å². The van der Waals surface area contributed by atoms with E-state index < -0.39 is 17.5 Å². The molecule has 0 saturated carbocycles. The molecule has 15 heavy (non-hydrogen) atoms. The van der Waals surface area contributed by atoms with E-state index in [1.54, 1.807) is 0 Å². The molecule has 0 aliphatic heterocycles. The van der Waals surface area contributed by atoms with Gasteiger partial charge in [-0.2, -0.15) is 0 Å². The maximum Gasteiger partial charge on any atom is 0.149 e. The highest BCUT2D eigenvalue weighted by Crippen LogP contribution is 2.21. The predicted octanol–water partition coefficient (Wildman–Crippen LogP) is 3.17. The zero-order chi connectivity index (χ0) is 10.8. The third kappa shape index (κ3) is 1.98. The molecule has 1 heterocycles. The Balaban J connectivity index is 2.59. The zero-order valence-electron chi connectivity index (χ0n) is 7.55. The summed E-state index contributed by atoms with van der Waals surface area (Å²) in [5, 5.41) is 0. The fraction of sp³-hybridized carbons (Fsp3) is 0. The van der Waals surface area contributed by atoms with E-state index in [1.165, 1.54) is 18.3 Å². The van der Waals surface area contributed by atoms with Crippen LogP contribution in [0.25, 0.3) is 11.3 Å². The molecule has 0 unspecified atom stereocenters. The number of halogens is 3. The minimum atomic E-state index is -0.755. The monoisotopic (exact) mass is 209 g/mol. The molecule has 76 valence electrons. The highest BCUT2D eigenvalue weighted by Gasteiger charge is 2.08. The summed E-state index contributed by atoms with van der Waals surface area (Å²) >= 11 is 0. The molecule has 1 aromatic carbocycles. The molecule has 0 saturated heterocycles. The van der Waals surface area contributed by atoms with E-state index in [9.17, 15) is 13.2 Å². The lowest BCUT2D eigenvalue weighted by molar-refractivity contribution is 0.583. The topological polar surface area (TPSA) is 12.9 Å². The van der Waals surface area contributed by atoms with Gasteiger partial charge in [-0.1, -0.05) is 0 Å². The highest BCUT2D eigenvalue weighted by atomic mass is 19.1. The molecule has 0 radical (unpaired) electrons. The molecular weight excluding hydrogens is 203 g/mol. The standard InChI is InChI=1S/C11H6F3N/c12-8-4-7(5-9(13)6-8)11-10(14)2-1-3-15-11/h1-6H. The van der Waals surface area contributed by atoms with Crippen LogP contribution in [0.1, 0.15) is 0 Å². The third-order valence-electron chi connectivity index (χ3n) is 1.89. The van der Waals surface area contributed by atoms with Gasteiger partial charge in [0.2, 0.25) is 0 Å². The summed E-state index contributed by atoms with van der Waals surface area (Å²) in [6.07, 6.45) is 1.36. The van der Waals surface area contributed by atoms with Gasteiger partial charge in [0.05, 0.1) is 0 Å². The lowest BCUT2D eigenvalue weighted by atomic mass is 10.1. The summed E-state index contributed by atoms with van der Waals surface area (Å²) in [6.45, 7) is 0. The van der Waals surface area contributed by atoms with Crippen LogP contribution >= 0.6 is 0 Å². The minimum absolute atomic E-state index is 0.0594. The Kier molecular flexibility index (Phi) is 2.41. The van der Waals surface area contributed by atoms with E-state index >= 15 is 0 Å². The normalized spacial score (nSPS) is 10.3. The fourth-order valence-electron chi connectivity index (χ4n) is 1.29. The third-order valence-corrected chi connectivity index (χ3v) is 1.89. The van der Waals surface area contributed by atoms with Gasteiger partial charge in [0.15, 0.2) is 0 Å². The van der Waals surface area contributed by atoms with Crippen molar-refractivity contribution in [2.24, 2.45) is 0 Å². The molecule has 1 nitrogen and oxygen atoms in total. The van der Waals surface area contributed by atoms with Crippen LogP contribution in [0.5, 0.6) is 0 Å². The van der Waals surface area contributed by atoms with Crippen LogP contribution in [0.3, 0.4) is 0 Å². The first-order chi connectivity index (χ1) is 7.16. The second-order valence-corrected chi connectivity index (χ2v) is 2.99. The Morgan fingerprint density at radius 2 is 1.60 bits per heavy atom. The molecule has 0 N–H and O–H groups in total. The first kappa shape index (κ1) is 9.71. The van der Waals surface area contributed by atoms with Gasteiger partial charge >= 0.3 is 0 Å². The van der Waals surface area contributed by atoms with E-state index in [-0.39, 0.29) is 11.3 Å². The Hall–Kier alpha value is -1.84. The van der Waals surface area contributed by atoms with Gasteiger partial charge in [0.25, 0.3) is 0 Å². The SMILES string of the molecule is Fc1cc(F)cc(-c2ncccc2F)c1. The first-order valence-electron chi connectivity index (χ1n) is 4.24. The molecule has 1 aromatic heterocycles. The number of hydrogen-bond acceptors (Lipinski definition) is 1. The Morgan fingerprint density at radius 3 is 2.20 bits per heavy atom. The zero-order valence-corrected chi connectivity index (χ0v) is 7.55. The molecule has 4 heteroatoms. The second-order valence-electron chi connectivity index (χ2n) is 2.99. The van der Waals surface area contributed by atoms with Crippen LogP contribution < -0.4 is 0 Å². The van der Waals surface area contributed by atoms with Gasteiger partial charge < -0.3 is 0 Å². The van der Waals surface area contributed by atoms with Crippen molar-refractivity contribution in [2.75, 3.05) is 0 Å². The van der Waals surface area contributed by atoms with Crippen LogP contribution in [0.15, 0.2) is 36.5 Å². The Bertz CT molecular complexity index is 477. The number of nitrogens with zero attached hydrogens (tertiary/aromatic N) is 1. The molecule has 0 bridgehead atoms. The van der Waals surface area contributed by atoms with Crippen molar-refractivity contribution >= 4 is 0 Å². The molecule has 0 aliphatic rings. The van der Waals surface area contributed by atoms with Crippen LogP contribution in [-0.2, 0) is 0 Å². The lowest BCUT2D eigenvalue weighted by Gasteiger charge is -2.02. The molecule has 0 amide bonds. The van der Waals surface area contributed by atoms with Crippen molar-refractivity contribution in [1.29, 1.82) is 0 Å². The molecule has 0 atom stereocenters. The maximum atomic E-state index is 13.2. The van der Waals surface area contributed by atoms with Gasteiger partial charge in [0, 0.05) is 17.8 Å². The average Bonchev–Trinajstić information content (AvgIpc) is 2.16. The van der Waals surface area contributed by atoms with E-state index in [4.69, 9.17) is 0 Å². The van der Waals surface area contributed by atoms with Crippen LogP contribution in [0.4, 0.5) is 13.2 Å². The van der Waals surface area contributed by atoms with E-state index in [2.05, 4.69) is 4.98 Å². The minimum Gasteiger partial charge on any atom is -0.253 e. The first-order valence-corrected chi connectivity index (χ1v) is 4.24. The summed E-state index contributed by atoms with van der Waals surface area (Å²) in [7, 11) is 0. The van der Waals surface area contributed by atoms with Crippen molar-refractivity contribution in [3.05, 3.63) is 54.0 Å². The van der Waals surface area contributed by atoms with Gasteiger partial charge in [-0.3, -0.25) is 4.98 Å². The summed E-state index contributed by atoms with van der Waals surface area (Å²) in [4.78, 5) is 3.72. The van der Waals surface area contributed by atoms with Crippen LogP contribution in [-0.4, -0.2) is 4.98 Å². The lowest BCUT2D eigenvalue weighted by Crippen LogP contribution is -1.90. The highest BCUT2D eigenvalue weighted by molar-refractivity contribution is 5.59. The van der Waals surface area contributed by atoms with Gasteiger partial charge in [-0.05, 0) is 24.3 Å². The summed E-state index contributed by atoms with van der Waals surface area (Å²) < 4.78 is 38.9. The van der Waals surface area contributed by atoms with Gasteiger partial charge in [0.1, 0.15) is 23.1 Å². The molecule has 0 fully saturated rings. The maximum absolute atomic E-state index is 13.2. The van der Waals surface area contributed by atoms with Crippen molar-refractivity contribution in [3.63, 3.8) is 0 Å². The van der Waals surface area contributed by atoms with Crippen molar-refractivity contribution in [1.82, 2.24) is 4.98 Å². The average molecular weight is 209 g/mol. The molecule has 0 spiro atoms. The molecular formula is C11H6F3N. The summed E-state index contributed by atoms with van der Waals surface area (Å²) in [5.74, 6) is -2.12. The van der Waals surface area contributed by atoms with Crippen LogP contribution in [0.2, 0.25) is 0 Å². The summed E-state index contributed by atoms with van der Waals surface area (Å²) in [5.41, 5.74) is 0.0292. The molecule has 2 rings (SSSR count). The quantitative estimate of drug-likeness (QED) is 0.702. The van der Waals surface area contributed by atoms with E-state index in [0.717, 1.165) is 18.2 Å². The number of rotatable bonds is 1. The smallest absolute Gasteiger partial charge is 0.149 e. The molecule has 0 aliphatic carbocycles. The number of hydrogen-bond donors (Lipinski definition) is 0. The predicted molar refractivity (Wildman–Crippen MR) is 49.5 cm³/mol. The van der Waals surface area contributed by atoms with E-state index in [1.807, 2.05) is 0 Å². The summed E-state index contributed by atoms with van der Waals surface area (Å²) in [6, 6.07) is 5.40. The number of pyridine rings is 1. The largest absolute Gasteiger partial charge is 0.253 e. The van der Waals surface area contributed by atoms with Gasteiger partial charge in [-0.15, -0.1) is 0 Å².